The van der Waals surface area contributed by atoms with Gasteiger partial charge in [-0.2, -0.15) is 0 Å². The molecule has 1 unspecified atom stereocenters. The van der Waals surface area contributed by atoms with Gasteiger partial charge in [-0.15, -0.1) is 11.3 Å². The number of hydrogen-bond donors (Lipinski definition) is 0. The van der Waals surface area contributed by atoms with Crippen LogP contribution < -0.4 is 9.47 Å². The number of carbonyl (C=O) groups excluding carboxylic acids is 1. The molecular weight excluding hydrogens is 492 g/mol. The molecule has 198 valence electrons. The molecule has 0 saturated carbocycles. The standard InChI is InChI=1S/C32H36N2O3S/c1-18(2)34(17-20-9-7-6-8-10-20)31(35)28-19(3)22-16-23-24-15-21-11-12-25(36-5)27-26(21)32(23,13-14-33(24)4)30(37-27)29(22)38-28/h6-12,18,23-24,30H,13-17H2,1-5H3/t23?,24-,30+,32+/m1/s1. The first-order chi connectivity index (χ1) is 18.3. The lowest BCUT2D eigenvalue weighted by Gasteiger charge is -2.57. The average Bonchev–Trinajstić information content (AvgIpc) is 3.44. The third-order valence-corrected chi connectivity index (χ3v) is 11.2. The lowest BCUT2D eigenvalue weighted by Crippen LogP contribution is -2.61. The van der Waals surface area contributed by atoms with Crippen LogP contribution in [0.25, 0.3) is 0 Å². The van der Waals surface area contributed by atoms with Crippen molar-refractivity contribution < 1.29 is 14.3 Å². The average molecular weight is 529 g/mol. The number of ether oxygens (including phenoxy) is 2. The van der Waals surface area contributed by atoms with Gasteiger partial charge in [-0.3, -0.25) is 4.79 Å². The summed E-state index contributed by atoms with van der Waals surface area (Å²) in [5, 5.41) is 0. The zero-order valence-corrected chi connectivity index (χ0v) is 23.7. The smallest absolute Gasteiger partial charge is 0.264 e. The molecule has 3 aromatic rings. The van der Waals surface area contributed by atoms with Crippen LogP contribution in [0.1, 0.15) is 68.7 Å². The Kier molecular flexibility index (Phi) is 5.47. The molecule has 0 N–H and O–H groups in total. The van der Waals surface area contributed by atoms with E-state index >= 15 is 0 Å². The zero-order valence-electron chi connectivity index (χ0n) is 22.9. The highest BCUT2D eigenvalue weighted by atomic mass is 32.1. The summed E-state index contributed by atoms with van der Waals surface area (Å²) in [7, 11) is 4.02. The highest BCUT2D eigenvalue weighted by Gasteiger charge is 2.65. The summed E-state index contributed by atoms with van der Waals surface area (Å²) in [6, 6.07) is 15.2. The predicted molar refractivity (Wildman–Crippen MR) is 150 cm³/mol. The van der Waals surface area contributed by atoms with Gasteiger partial charge in [0.1, 0.15) is 6.10 Å². The number of piperidine rings is 1. The predicted octanol–water partition coefficient (Wildman–Crippen LogP) is 5.92. The van der Waals surface area contributed by atoms with Crippen LogP contribution in [-0.2, 0) is 24.8 Å². The molecule has 0 radical (unpaired) electrons. The number of carbonyl (C=O) groups is 1. The van der Waals surface area contributed by atoms with E-state index in [0.717, 1.165) is 53.3 Å². The van der Waals surface area contributed by atoms with E-state index in [1.54, 1.807) is 18.4 Å². The molecule has 6 heteroatoms. The van der Waals surface area contributed by atoms with Crippen LogP contribution >= 0.6 is 11.3 Å². The van der Waals surface area contributed by atoms with Gasteiger partial charge in [-0.25, -0.2) is 0 Å². The summed E-state index contributed by atoms with van der Waals surface area (Å²) >= 11 is 1.69. The largest absolute Gasteiger partial charge is 0.493 e. The molecule has 1 amide bonds. The van der Waals surface area contributed by atoms with Gasteiger partial charge in [0.2, 0.25) is 0 Å². The van der Waals surface area contributed by atoms with Crippen molar-refractivity contribution in [1.29, 1.82) is 0 Å². The summed E-state index contributed by atoms with van der Waals surface area (Å²) in [5.41, 5.74) is 6.43. The first-order valence-corrected chi connectivity index (χ1v) is 14.7. The summed E-state index contributed by atoms with van der Waals surface area (Å²) in [4.78, 5) is 20.9. The van der Waals surface area contributed by atoms with E-state index in [1.165, 1.54) is 21.6 Å². The molecule has 1 saturated heterocycles. The Labute approximate surface area is 229 Å². The molecule has 2 aliphatic heterocycles. The Balaban J connectivity index is 1.34. The summed E-state index contributed by atoms with van der Waals surface area (Å²) in [5.74, 6) is 2.39. The number of thiophene rings is 1. The van der Waals surface area contributed by atoms with Crippen molar-refractivity contribution in [3.8, 4) is 11.5 Å². The third kappa shape index (κ3) is 3.16. The Morgan fingerprint density at radius 3 is 2.74 bits per heavy atom. The lowest BCUT2D eigenvalue weighted by atomic mass is 9.52. The van der Waals surface area contributed by atoms with Crippen molar-refractivity contribution >= 4 is 17.2 Å². The molecular formula is C32H36N2O3S. The summed E-state index contributed by atoms with van der Waals surface area (Å²) < 4.78 is 12.8. The van der Waals surface area contributed by atoms with Crippen LogP contribution in [0.2, 0.25) is 0 Å². The van der Waals surface area contributed by atoms with Gasteiger partial charge >= 0.3 is 0 Å². The Bertz CT molecular complexity index is 1430. The fraction of sp³-hybridized carbons (Fsp3) is 0.469. The second-order valence-electron chi connectivity index (χ2n) is 11.9. The van der Waals surface area contributed by atoms with Crippen molar-refractivity contribution in [1.82, 2.24) is 9.80 Å². The van der Waals surface area contributed by atoms with E-state index in [-0.39, 0.29) is 23.5 Å². The number of amides is 1. The van der Waals surface area contributed by atoms with Crippen molar-refractivity contribution in [2.24, 2.45) is 5.92 Å². The number of likely N-dealkylation sites (tertiary alicyclic amines) is 1. The Morgan fingerprint density at radius 1 is 1.21 bits per heavy atom. The molecule has 2 bridgehead atoms. The van der Waals surface area contributed by atoms with Crippen LogP contribution in [0.15, 0.2) is 42.5 Å². The van der Waals surface area contributed by atoms with Crippen LogP contribution in [0, 0.1) is 12.8 Å². The van der Waals surface area contributed by atoms with Crippen LogP contribution in [0.3, 0.4) is 0 Å². The number of hydrogen-bond acceptors (Lipinski definition) is 5. The van der Waals surface area contributed by atoms with E-state index in [4.69, 9.17) is 9.47 Å². The number of methoxy groups -OCH3 is 1. The summed E-state index contributed by atoms with van der Waals surface area (Å²) in [6.07, 6.45) is 3.09. The van der Waals surface area contributed by atoms with Crippen LogP contribution in [0.4, 0.5) is 0 Å². The first kappa shape index (κ1) is 24.2. The minimum Gasteiger partial charge on any atom is -0.493 e. The molecule has 3 heterocycles. The third-order valence-electron chi connectivity index (χ3n) is 9.84. The second kappa shape index (κ2) is 8.59. The van der Waals surface area contributed by atoms with E-state index in [1.807, 2.05) is 23.1 Å². The SMILES string of the molecule is COc1ccc2c3c1O[C@H]1c4sc(C(=O)N(Cc5ccccc5)C(C)C)c(C)c4CC4[C@@H](C2)N(C)CC[C@@]341. The summed E-state index contributed by atoms with van der Waals surface area (Å²) in [6.45, 7) is 8.07. The Hall–Kier alpha value is -2.83. The molecule has 7 rings (SSSR count). The Morgan fingerprint density at radius 2 is 2.00 bits per heavy atom. The minimum atomic E-state index is -0.0512. The maximum Gasteiger partial charge on any atom is 0.264 e. The molecule has 4 aliphatic rings. The maximum absolute atomic E-state index is 14.1. The van der Waals surface area contributed by atoms with E-state index in [9.17, 15) is 4.79 Å². The van der Waals surface area contributed by atoms with Crippen molar-refractivity contribution in [3.05, 3.63) is 80.0 Å². The second-order valence-corrected chi connectivity index (χ2v) is 12.9. The number of likely N-dealkylation sites (N-methyl/N-ethyl adjacent to an activating group) is 1. The topological polar surface area (TPSA) is 42.0 Å². The minimum absolute atomic E-state index is 0.0407. The van der Waals surface area contributed by atoms with Crippen LogP contribution in [0.5, 0.6) is 11.5 Å². The number of nitrogens with zero attached hydrogens (tertiary/aromatic N) is 2. The molecule has 2 aliphatic carbocycles. The van der Waals surface area contributed by atoms with Crippen molar-refractivity contribution in [2.45, 2.75) is 70.2 Å². The molecule has 1 spiro atoms. The van der Waals surface area contributed by atoms with Gasteiger partial charge in [0.25, 0.3) is 5.91 Å². The zero-order chi connectivity index (χ0) is 26.3. The maximum atomic E-state index is 14.1. The van der Waals surface area contributed by atoms with Gasteiger partial charge in [-0.05, 0) is 87.9 Å². The number of rotatable bonds is 5. The molecule has 1 fully saturated rings. The molecule has 5 nitrogen and oxygen atoms in total. The van der Waals surface area contributed by atoms with Crippen LogP contribution in [-0.4, -0.2) is 48.5 Å². The van der Waals surface area contributed by atoms with E-state index in [0.29, 0.717) is 18.5 Å². The van der Waals surface area contributed by atoms with Gasteiger partial charge in [-0.1, -0.05) is 36.4 Å². The highest BCUT2D eigenvalue weighted by Crippen LogP contribution is 2.68. The van der Waals surface area contributed by atoms with Crippen molar-refractivity contribution in [3.63, 3.8) is 0 Å². The van der Waals surface area contributed by atoms with E-state index in [2.05, 4.69) is 57.0 Å². The van der Waals surface area contributed by atoms with Gasteiger partial charge in [0.15, 0.2) is 11.5 Å². The number of benzene rings is 2. The number of fused-ring (bicyclic) bond motifs is 2. The van der Waals surface area contributed by atoms with Gasteiger partial charge in [0.05, 0.1) is 16.9 Å². The fourth-order valence-corrected chi connectivity index (χ4v) is 9.33. The van der Waals surface area contributed by atoms with Crippen molar-refractivity contribution in [2.75, 3.05) is 20.7 Å². The van der Waals surface area contributed by atoms with E-state index < -0.39 is 0 Å². The van der Waals surface area contributed by atoms with Gasteiger partial charge < -0.3 is 19.3 Å². The molecule has 4 atom stereocenters. The molecule has 2 aromatic carbocycles. The first-order valence-electron chi connectivity index (χ1n) is 13.9. The molecule has 1 aromatic heterocycles. The lowest BCUT2D eigenvalue weighted by molar-refractivity contribution is -0.0227. The quantitative estimate of drug-likeness (QED) is 0.412. The van der Waals surface area contributed by atoms with Gasteiger partial charge in [0, 0.05) is 29.6 Å². The fourth-order valence-electron chi connectivity index (χ4n) is 7.90. The highest BCUT2D eigenvalue weighted by molar-refractivity contribution is 7.14. The normalized spacial score (nSPS) is 26.5. The monoisotopic (exact) mass is 528 g/mol. The molecule has 38 heavy (non-hydrogen) atoms.